The number of Topliss-reactive ketones (excluding diaryl/α,β-unsaturated/α-hetero) is 2. The maximum absolute atomic E-state index is 13.0. The normalized spacial score (nSPS) is 10.4. The van der Waals surface area contributed by atoms with Crippen LogP contribution < -0.4 is 0 Å². The first-order chi connectivity index (χ1) is 20.2. The Balaban J connectivity index is 1.47. The van der Waals surface area contributed by atoms with Crippen LogP contribution in [0.5, 0.6) is 0 Å². The molecule has 0 saturated heterocycles. The Morgan fingerprint density at radius 2 is 0.857 bits per heavy atom. The SMILES string of the molecule is O=C(COC(=O)c1ccccc1-c1ccccc1C(=O)OCC(=O)c1ccc([N+](=O)[O-])cc1)c1ccc([N+](=O)[O-])cc1. The summed E-state index contributed by atoms with van der Waals surface area (Å²) in [6.45, 7) is -1.25. The highest BCUT2D eigenvalue weighted by atomic mass is 16.6. The maximum Gasteiger partial charge on any atom is 0.339 e. The van der Waals surface area contributed by atoms with Crippen molar-refractivity contribution in [3.05, 3.63) is 140 Å². The van der Waals surface area contributed by atoms with Crippen molar-refractivity contribution in [2.24, 2.45) is 0 Å². The van der Waals surface area contributed by atoms with Gasteiger partial charge in [0.25, 0.3) is 11.4 Å². The topological polar surface area (TPSA) is 173 Å². The van der Waals surface area contributed by atoms with E-state index in [1.54, 1.807) is 36.4 Å². The van der Waals surface area contributed by atoms with Crippen LogP contribution in [-0.2, 0) is 9.47 Å². The molecule has 0 atom stereocenters. The molecule has 0 unspecified atom stereocenters. The van der Waals surface area contributed by atoms with Gasteiger partial charge in [-0.1, -0.05) is 36.4 Å². The first-order valence-corrected chi connectivity index (χ1v) is 12.2. The van der Waals surface area contributed by atoms with Crippen molar-refractivity contribution in [3.8, 4) is 11.1 Å². The van der Waals surface area contributed by atoms with Crippen LogP contribution in [0.15, 0.2) is 97.1 Å². The number of carbonyl (C=O) groups is 4. The van der Waals surface area contributed by atoms with E-state index in [-0.39, 0.29) is 33.6 Å². The molecule has 0 aromatic heterocycles. The van der Waals surface area contributed by atoms with Gasteiger partial charge >= 0.3 is 11.9 Å². The zero-order valence-corrected chi connectivity index (χ0v) is 21.6. The van der Waals surface area contributed by atoms with E-state index in [0.717, 1.165) is 0 Å². The molecular weight excluding hydrogens is 548 g/mol. The van der Waals surface area contributed by atoms with Gasteiger partial charge in [-0.3, -0.25) is 29.8 Å². The first-order valence-electron chi connectivity index (χ1n) is 12.2. The van der Waals surface area contributed by atoms with Gasteiger partial charge in [-0.05, 0) is 47.5 Å². The zero-order chi connectivity index (χ0) is 30.2. The van der Waals surface area contributed by atoms with E-state index in [2.05, 4.69) is 0 Å². The van der Waals surface area contributed by atoms with E-state index >= 15 is 0 Å². The fourth-order valence-corrected chi connectivity index (χ4v) is 3.91. The molecule has 0 fully saturated rings. The summed E-state index contributed by atoms with van der Waals surface area (Å²) in [7, 11) is 0. The predicted octanol–water partition coefficient (Wildman–Crippen LogP) is 5.25. The van der Waals surface area contributed by atoms with Crippen molar-refractivity contribution in [2.45, 2.75) is 0 Å². The van der Waals surface area contributed by atoms with Gasteiger partial charge in [-0.15, -0.1) is 0 Å². The predicted molar refractivity (Wildman–Crippen MR) is 147 cm³/mol. The second-order valence-electron chi connectivity index (χ2n) is 8.70. The van der Waals surface area contributed by atoms with Gasteiger partial charge in [0.05, 0.1) is 21.0 Å². The average Bonchev–Trinajstić information content (AvgIpc) is 3.02. The molecule has 4 aromatic carbocycles. The van der Waals surface area contributed by atoms with Crippen molar-refractivity contribution < 1.29 is 38.5 Å². The molecule has 4 rings (SSSR count). The molecule has 0 aliphatic heterocycles. The molecule has 0 spiro atoms. The third kappa shape index (κ3) is 6.74. The van der Waals surface area contributed by atoms with Crippen LogP contribution in [-0.4, -0.2) is 46.6 Å². The molecule has 0 radical (unpaired) electrons. The number of nitrogens with zero attached hydrogens (tertiary/aromatic N) is 2. The van der Waals surface area contributed by atoms with Gasteiger partial charge < -0.3 is 9.47 Å². The summed E-state index contributed by atoms with van der Waals surface area (Å²) in [6.07, 6.45) is 0. The van der Waals surface area contributed by atoms with E-state index in [9.17, 15) is 39.4 Å². The summed E-state index contributed by atoms with van der Waals surface area (Å²) in [5.74, 6) is -2.84. The van der Waals surface area contributed by atoms with Gasteiger partial charge in [-0.25, -0.2) is 9.59 Å². The monoisotopic (exact) mass is 568 g/mol. The lowest BCUT2D eigenvalue weighted by molar-refractivity contribution is -0.385. The molecule has 0 aliphatic rings. The third-order valence-corrected chi connectivity index (χ3v) is 6.05. The van der Waals surface area contributed by atoms with Crippen LogP contribution in [0.3, 0.4) is 0 Å². The molecule has 0 saturated carbocycles. The standard InChI is InChI=1S/C30H20N2O10/c33-27(19-9-13-21(14-10-19)31(37)38)17-41-29(35)25-7-3-1-5-23(25)24-6-2-4-8-26(24)30(36)42-18-28(34)20-11-15-22(16-12-20)32(39)40/h1-16H,17-18H2. The number of nitro benzene ring substituents is 2. The Morgan fingerprint density at radius 1 is 0.524 bits per heavy atom. The lowest BCUT2D eigenvalue weighted by Crippen LogP contribution is -2.16. The summed E-state index contributed by atoms with van der Waals surface area (Å²) in [5.41, 5.74) is 0.582. The summed E-state index contributed by atoms with van der Waals surface area (Å²) in [4.78, 5) is 71.3. The smallest absolute Gasteiger partial charge is 0.339 e. The Labute approximate surface area is 237 Å². The number of ketones is 2. The summed E-state index contributed by atoms with van der Waals surface area (Å²) >= 11 is 0. The van der Waals surface area contributed by atoms with Crippen LogP contribution in [0.25, 0.3) is 11.1 Å². The van der Waals surface area contributed by atoms with E-state index in [1.807, 2.05) is 0 Å². The van der Waals surface area contributed by atoms with Gasteiger partial charge in [0, 0.05) is 35.4 Å². The number of hydrogen-bond acceptors (Lipinski definition) is 10. The first kappa shape index (κ1) is 29.0. The van der Waals surface area contributed by atoms with E-state index in [1.165, 1.54) is 60.7 Å². The largest absolute Gasteiger partial charge is 0.454 e. The van der Waals surface area contributed by atoms with Crippen molar-refractivity contribution in [1.29, 1.82) is 0 Å². The molecule has 0 amide bonds. The molecule has 210 valence electrons. The second kappa shape index (κ2) is 12.9. The van der Waals surface area contributed by atoms with Gasteiger partial charge in [-0.2, -0.15) is 0 Å². The van der Waals surface area contributed by atoms with Gasteiger partial charge in [0.2, 0.25) is 0 Å². The van der Waals surface area contributed by atoms with Crippen molar-refractivity contribution in [2.75, 3.05) is 13.2 Å². The number of benzene rings is 4. The lowest BCUT2D eigenvalue weighted by Gasteiger charge is -2.13. The van der Waals surface area contributed by atoms with Gasteiger partial charge in [0.15, 0.2) is 24.8 Å². The van der Waals surface area contributed by atoms with E-state index in [0.29, 0.717) is 11.1 Å². The Hall–Kier alpha value is -6.04. The number of hydrogen-bond donors (Lipinski definition) is 0. The van der Waals surface area contributed by atoms with Crippen molar-refractivity contribution >= 4 is 34.9 Å². The highest BCUT2D eigenvalue weighted by Crippen LogP contribution is 2.28. The minimum Gasteiger partial charge on any atom is -0.454 e. The average molecular weight is 568 g/mol. The molecule has 0 aliphatic carbocycles. The van der Waals surface area contributed by atoms with Crippen LogP contribution in [0.1, 0.15) is 41.4 Å². The minimum atomic E-state index is -0.850. The number of non-ortho nitro benzene ring substituents is 2. The zero-order valence-electron chi connectivity index (χ0n) is 21.6. The van der Waals surface area contributed by atoms with E-state index < -0.39 is 46.6 Å². The fraction of sp³-hybridized carbons (Fsp3) is 0.0667. The maximum atomic E-state index is 13.0. The fourth-order valence-electron chi connectivity index (χ4n) is 3.91. The van der Waals surface area contributed by atoms with E-state index in [4.69, 9.17) is 9.47 Å². The Morgan fingerprint density at radius 3 is 1.19 bits per heavy atom. The molecule has 0 N–H and O–H groups in total. The number of nitro groups is 2. The molecule has 0 heterocycles. The van der Waals surface area contributed by atoms with Crippen LogP contribution in [0, 0.1) is 20.2 Å². The van der Waals surface area contributed by atoms with Crippen LogP contribution in [0.2, 0.25) is 0 Å². The number of carbonyl (C=O) groups excluding carboxylic acids is 4. The quantitative estimate of drug-likeness (QED) is 0.101. The Kier molecular flexibility index (Phi) is 8.88. The molecule has 12 nitrogen and oxygen atoms in total. The van der Waals surface area contributed by atoms with Crippen LogP contribution in [0.4, 0.5) is 11.4 Å². The number of rotatable bonds is 11. The van der Waals surface area contributed by atoms with Gasteiger partial charge in [0.1, 0.15) is 0 Å². The third-order valence-electron chi connectivity index (χ3n) is 6.05. The molecule has 42 heavy (non-hydrogen) atoms. The lowest BCUT2D eigenvalue weighted by atomic mass is 9.95. The summed E-state index contributed by atoms with van der Waals surface area (Å²) in [5, 5.41) is 21.6. The Bertz CT molecular complexity index is 1570. The molecular formula is C30H20N2O10. The molecule has 4 aromatic rings. The highest BCUT2D eigenvalue weighted by molar-refractivity contribution is 6.05. The molecule has 0 bridgehead atoms. The van der Waals surface area contributed by atoms with Crippen molar-refractivity contribution in [1.82, 2.24) is 0 Å². The second-order valence-corrected chi connectivity index (χ2v) is 8.70. The highest BCUT2D eigenvalue weighted by Gasteiger charge is 2.22. The number of esters is 2. The van der Waals surface area contributed by atoms with Crippen LogP contribution >= 0.6 is 0 Å². The van der Waals surface area contributed by atoms with Crippen molar-refractivity contribution in [3.63, 3.8) is 0 Å². The summed E-state index contributed by atoms with van der Waals surface area (Å²) in [6, 6.07) is 22.2. The molecule has 12 heteroatoms. The summed E-state index contributed by atoms with van der Waals surface area (Å²) < 4.78 is 10.4. The number of ether oxygens (including phenoxy) is 2. The minimum absolute atomic E-state index is 0.0520.